The van der Waals surface area contributed by atoms with E-state index in [1.165, 1.54) is 18.4 Å². The molecule has 0 aliphatic heterocycles. The zero-order valence-electron chi connectivity index (χ0n) is 9.86. The van der Waals surface area contributed by atoms with E-state index in [-0.39, 0.29) is 0 Å². The van der Waals surface area contributed by atoms with Crippen LogP contribution in [0.4, 0.5) is 0 Å². The Morgan fingerprint density at radius 3 is 2.62 bits per heavy atom. The van der Waals surface area contributed by atoms with Gasteiger partial charge in [-0.1, -0.05) is 36.4 Å². The topological polar surface area (TPSA) is 0 Å². The third-order valence-electron chi connectivity index (χ3n) is 3.70. The van der Waals surface area contributed by atoms with Crippen molar-refractivity contribution < 1.29 is 0 Å². The van der Waals surface area contributed by atoms with Gasteiger partial charge in [0.2, 0.25) is 0 Å². The molecular weight excluding hydrogens is 192 g/mol. The van der Waals surface area contributed by atoms with Gasteiger partial charge in [0, 0.05) is 0 Å². The predicted octanol–water partition coefficient (Wildman–Crippen LogP) is 4.48. The Kier molecular flexibility index (Phi) is 3.61. The Labute approximate surface area is 98.7 Å². The first-order valence-electron chi connectivity index (χ1n) is 6.16. The lowest BCUT2D eigenvalue weighted by Gasteiger charge is -2.32. The lowest BCUT2D eigenvalue weighted by Crippen LogP contribution is -2.20. The number of hydrogen-bond donors (Lipinski definition) is 0. The minimum Gasteiger partial charge on any atom is -0.103 e. The van der Waals surface area contributed by atoms with Gasteiger partial charge in [-0.05, 0) is 48.6 Å². The van der Waals surface area contributed by atoms with Crippen molar-refractivity contribution in [3.63, 3.8) is 0 Å². The summed E-state index contributed by atoms with van der Waals surface area (Å²) in [4.78, 5) is 0. The van der Waals surface area contributed by atoms with E-state index in [4.69, 9.17) is 0 Å². The largest absolute Gasteiger partial charge is 0.103 e. The van der Waals surface area contributed by atoms with Crippen molar-refractivity contribution in [2.75, 3.05) is 0 Å². The number of hydrogen-bond acceptors (Lipinski definition) is 0. The van der Waals surface area contributed by atoms with E-state index in [0.29, 0.717) is 5.92 Å². The Morgan fingerprint density at radius 1 is 1.12 bits per heavy atom. The molecule has 0 heterocycles. The summed E-state index contributed by atoms with van der Waals surface area (Å²) in [7, 11) is 0. The predicted molar refractivity (Wildman–Crippen MR) is 70.6 cm³/mol. The van der Waals surface area contributed by atoms with Crippen molar-refractivity contribution in [3.05, 3.63) is 60.7 Å². The van der Waals surface area contributed by atoms with Crippen molar-refractivity contribution in [2.45, 2.75) is 31.6 Å². The van der Waals surface area contributed by atoms with Gasteiger partial charge in [-0.3, -0.25) is 0 Å². The monoisotopic (exact) mass is 212 g/mol. The van der Waals surface area contributed by atoms with Crippen LogP contribution >= 0.6 is 0 Å². The van der Waals surface area contributed by atoms with Crippen molar-refractivity contribution in [2.24, 2.45) is 5.92 Å². The van der Waals surface area contributed by atoms with E-state index in [1.54, 1.807) is 5.56 Å². The summed E-state index contributed by atoms with van der Waals surface area (Å²) >= 11 is 0. The van der Waals surface area contributed by atoms with Crippen LogP contribution in [0.2, 0.25) is 0 Å². The number of fused-ring (bicyclic) bond motifs is 1. The second kappa shape index (κ2) is 5.16. The average molecular weight is 212 g/mol. The molecule has 0 heteroatoms. The maximum Gasteiger partial charge on any atom is -0.00934 e. The molecule has 84 valence electrons. The van der Waals surface area contributed by atoms with Gasteiger partial charge >= 0.3 is 0 Å². The minimum absolute atomic E-state index is 0.653. The standard InChI is InChI=1S/C16H20/c1-3-7-13-11-12-14-9-5-6-10-16(14)15(13)8-4-2/h3-6,9-10,13,15H,1-2,7-8,11-12H2. The molecule has 1 aromatic rings. The molecule has 0 amide bonds. The van der Waals surface area contributed by atoms with Crippen LogP contribution in [-0.4, -0.2) is 0 Å². The Hall–Kier alpha value is -1.30. The van der Waals surface area contributed by atoms with Crippen LogP contribution in [0, 0.1) is 5.92 Å². The molecule has 0 saturated carbocycles. The lowest BCUT2D eigenvalue weighted by atomic mass is 9.72. The van der Waals surface area contributed by atoms with E-state index < -0.39 is 0 Å². The Balaban J connectivity index is 2.30. The smallest absolute Gasteiger partial charge is 0.00934 e. The third-order valence-corrected chi connectivity index (χ3v) is 3.70. The second-order valence-corrected chi connectivity index (χ2v) is 4.65. The van der Waals surface area contributed by atoms with E-state index >= 15 is 0 Å². The quantitative estimate of drug-likeness (QED) is 0.645. The molecule has 1 aromatic carbocycles. The number of rotatable bonds is 4. The zero-order chi connectivity index (χ0) is 11.4. The molecule has 2 atom stereocenters. The van der Waals surface area contributed by atoms with Gasteiger partial charge in [-0.15, -0.1) is 13.2 Å². The van der Waals surface area contributed by atoms with Gasteiger partial charge in [-0.2, -0.15) is 0 Å². The Bertz CT molecular complexity index is 375. The summed E-state index contributed by atoms with van der Waals surface area (Å²) < 4.78 is 0. The fraction of sp³-hybridized carbons (Fsp3) is 0.375. The van der Waals surface area contributed by atoms with Crippen molar-refractivity contribution >= 4 is 0 Å². The number of benzene rings is 1. The van der Waals surface area contributed by atoms with Gasteiger partial charge in [0.05, 0.1) is 0 Å². The minimum atomic E-state index is 0.653. The molecule has 0 nitrogen and oxygen atoms in total. The lowest BCUT2D eigenvalue weighted by molar-refractivity contribution is 0.376. The first-order chi connectivity index (χ1) is 7.86. The summed E-state index contributed by atoms with van der Waals surface area (Å²) in [6, 6.07) is 8.87. The maximum absolute atomic E-state index is 3.90. The van der Waals surface area contributed by atoms with Crippen molar-refractivity contribution in [1.29, 1.82) is 0 Å². The highest BCUT2D eigenvalue weighted by molar-refractivity contribution is 5.34. The van der Waals surface area contributed by atoms with E-state index in [2.05, 4.69) is 49.6 Å². The van der Waals surface area contributed by atoms with E-state index in [9.17, 15) is 0 Å². The summed E-state index contributed by atoms with van der Waals surface area (Å²) in [6.45, 7) is 7.78. The molecule has 0 saturated heterocycles. The summed E-state index contributed by atoms with van der Waals surface area (Å²) in [5.41, 5.74) is 3.08. The fourth-order valence-corrected chi connectivity index (χ4v) is 2.91. The fourth-order valence-electron chi connectivity index (χ4n) is 2.91. The van der Waals surface area contributed by atoms with E-state index in [1.807, 2.05) is 0 Å². The molecule has 2 unspecified atom stereocenters. The molecule has 1 aliphatic rings. The summed E-state index contributed by atoms with van der Waals surface area (Å²) in [6.07, 6.45) is 8.86. The second-order valence-electron chi connectivity index (χ2n) is 4.65. The van der Waals surface area contributed by atoms with Crippen LogP contribution in [0.5, 0.6) is 0 Å². The normalized spacial score (nSPS) is 23.5. The van der Waals surface area contributed by atoms with Crippen LogP contribution in [-0.2, 0) is 6.42 Å². The van der Waals surface area contributed by atoms with Crippen LogP contribution in [0.15, 0.2) is 49.6 Å². The molecule has 0 spiro atoms. The molecule has 16 heavy (non-hydrogen) atoms. The molecule has 0 N–H and O–H groups in total. The highest BCUT2D eigenvalue weighted by Crippen LogP contribution is 2.40. The Morgan fingerprint density at radius 2 is 1.88 bits per heavy atom. The maximum atomic E-state index is 3.90. The number of allylic oxidation sites excluding steroid dienone is 2. The summed E-state index contributed by atoms with van der Waals surface area (Å²) in [5.74, 6) is 1.41. The molecule has 0 bridgehead atoms. The van der Waals surface area contributed by atoms with Crippen LogP contribution < -0.4 is 0 Å². The van der Waals surface area contributed by atoms with Gasteiger partial charge in [0.25, 0.3) is 0 Å². The molecule has 0 fully saturated rings. The molecule has 0 radical (unpaired) electrons. The molecule has 2 rings (SSSR count). The SMILES string of the molecule is C=CCC1CCc2ccccc2C1CC=C. The van der Waals surface area contributed by atoms with Crippen LogP contribution in [0.25, 0.3) is 0 Å². The molecular formula is C16H20. The molecule has 1 aliphatic carbocycles. The molecule has 0 aromatic heterocycles. The highest BCUT2D eigenvalue weighted by Gasteiger charge is 2.27. The summed E-state index contributed by atoms with van der Waals surface area (Å²) in [5, 5.41) is 0. The first kappa shape index (κ1) is 11.2. The van der Waals surface area contributed by atoms with Crippen LogP contribution in [0.1, 0.15) is 36.3 Å². The van der Waals surface area contributed by atoms with Gasteiger partial charge in [0.1, 0.15) is 0 Å². The first-order valence-corrected chi connectivity index (χ1v) is 6.16. The van der Waals surface area contributed by atoms with Crippen LogP contribution in [0.3, 0.4) is 0 Å². The number of aryl methyl sites for hydroxylation is 1. The van der Waals surface area contributed by atoms with E-state index in [0.717, 1.165) is 18.8 Å². The average Bonchev–Trinajstić information content (AvgIpc) is 2.32. The van der Waals surface area contributed by atoms with Gasteiger partial charge in [0.15, 0.2) is 0 Å². The highest BCUT2D eigenvalue weighted by atomic mass is 14.3. The van der Waals surface area contributed by atoms with Gasteiger partial charge < -0.3 is 0 Å². The zero-order valence-corrected chi connectivity index (χ0v) is 9.86. The van der Waals surface area contributed by atoms with Crippen molar-refractivity contribution in [3.8, 4) is 0 Å². The van der Waals surface area contributed by atoms with Gasteiger partial charge in [-0.25, -0.2) is 0 Å². The van der Waals surface area contributed by atoms with Crippen molar-refractivity contribution in [1.82, 2.24) is 0 Å². The third kappa shape index (κ3) is 2.11.